The molecule has 0 saturated carbocycles. The fourth-order valence-electron chi connectivity index (χ4n) is 0.994. The molecule has 0 spiro atoms. The Morgan fingerprint density at radius 2 is 2.00 bits per heavy atom. The van der Waals surface area contributed by atoms with Gasteiger partial charge in [-0.25, -0.2) is 8.42 Å². The van der Waals surface area contributed by atoms with E-state index in [0.717, 1.165) is 0 Å². The van der Waals surface area contributed by atoms with Crippen molar-refractivity contribution in [3.8, 4) is 6.07 Å². The van der Waals surface area contributed by atoms with Crippen molar-refractivity contribution in [2.24, 2.45) is 0 Å². The van der Waals surface area contributed by atoms with Crippen LogP contribution in [0.15, 0.2) is 17.0 Å². The van der Waals surface area contributed by atoms with Gasteiger partial charge in [0.15, 0.2) is 0 Å². The summed E-state index contributed by atoms with van der Waals surface area (Å²) in [5, 5.41) is 8.53. The van der Waals surface area contributed by atoms with Crippen molar-refractivity contribution < 1.29 is 8.42 Å². The molecule has 0 aliphatic rings. The van der Waals surface area contributed by atoms with Gasteiger partial charge in [-0.2, -0.15) is 5.26 Å². The lowest BCUT2D eigenvalue weighted by atomic mass is 10.1. The fourth-order valence-corrected chi connectivity index (χ4v) is 2.58. The lowest BCUT2D eigenvalue weighted by Crippen LogP contribution is -1.95. The van der Waals surface area contributed by atoms with Crippen LogP contribution in [0.3, 0.4) is 0 Å². The lowest BCUT2D eigenvalue weighted by molar-refractivity contribution is 0.609. The third-order valence-electron chi connectivity index (χ3n) is 1.57. The van der Waals surface area contributed by atoms with Crippen LogP contribution in [0.5, 0.6) is 0 Å². The second-order valence-corrected chi connectivity index (χ2v) is 5.59. The molecule has 0 fully saturated rings. The molecule has 0 aromatic heterocycles. The minimum Gasteiger partial charge on any atom is -0.207 e. The molecule has 0 aliphatic heterocycles. The van der Waals surface area contributed by atoms with E-state index in [-0.39, 0.29) is 15.5 Å². The molecule has 0 aliphatic carbocycles. The maximum absolute atomic E-state index is 11.0. The fraction of sp³-hybridized carbons (Fsp3) is 0.125. The zero-order chi connectivity index (χ0) is 10.9. The number of halogens is 2. The van der Waals surface area contributed by atoms with Gasteiger partial charge in [0.05, 0.1) is 10.6 Å². The standard InChI is InChI=1S/C8H5Cl2NO2S/c1-5-2-6(4-11)8(9)7(3-5)14(10,12)13/h2-3H,1H3. The molecule has 74 valence electrons. The van der Waals surface area contributed by atoms with Crippen LogP contribution >= 0.6 is 22.3 Å². The molecule has 1 rings (SSSR count). The van der Waals surface area contributed by atoms with E-state index < -0.39 is 9.05 Å². The van der Waals surface area contributed by atoms with E-state index in [1.807, 2.05) is 0 Å². The summed E-state index contributed by atoms with van der Waals surface area (Å²) in [6.45, 7) is 1.66. The van der Waals surface area contributed by atoms with Crippen LogP contribution < -0.4 is 0 Å². The highest BCUT2D eigenvalue weighted by molar-refractivity contribution is 8.13. The molecule has 1 aromatic rings. The zero-order valence-corrected chi connectivity index (χ0v) is 9.41. The Morgan fingerprint density at radius 3 is 2.43 bits per heavy atom. The Hall–Kier alpha value is -0.760. The van der Waals surface area contributed by atoms with E-state index in [9.17, 15) is 8.42 Å². The lowest BCUT2D eigenvalue weighted by Gasteiger charge is -2.03. The van der Waals surface area contributed by atoms with E-state index in [4.69, 9.17) is 27.5 Å². The highest BCUT2D eigenvalue weighted by Crippen LogP contribution is 2.28. The smallest absolute Gasteiger partial charge is 0.207 e. The summed E-state index contributed by atoms with van der Waals surface area (Å²) in [5.41, 5.74) is 0.719. The van der Waals surface area contributed by atoms with Gasteiger partial charge in [-0.3, -0.25) is 0 Å². The van der Waals surface area contributed by atoms with E-state index in [1.165, 1.54) is 12.1 Å². The zero-order valence-electron chi connectivity index (χ0n) is 7.08. The van der Waals surface area contributed by atoms with E-state index in [2.05, 4.69) is 0 Å². The summed E-state index contributed by atoms with van der Waals surface area (Å²) in [7, 11) is 1.24. The first-order valence-electron chi connectivity index (χ1n) is 3.51. The van der Waals surface area contributed by atoms with Crippen molar-refractivity contribution in [2.75, 3.05) is 0 Å². The van der Waals surface area contributed by atoms with Gasteiger partial charge >= 0.3 is 0 Å². The van der Waals surface area contributed by atoms with E-state index >= 15 is 0 Å². The summed E-state index contributed by atoms with van der Waals surface area (Å²) in [6, 6.07) is 4.61. The van der Waals surface area contributed by atoms with Crippen LogP contribution in [0.2, 0.25) is 5.02 Å². The molecule has 0 unspecified atom stereocenters. The quantitative estimate of drug-likeness (QED) is 0.719. The number of hydrogen-bond acceptors (Lipinski definition) is 3. The van der Waals surface area contributed by atoms with Crippen LogP contribution in [-0.2, 0) is 9.05 Å². The topological polar surface area (TPSA) is 57.9 Å². The van der Waals surface area contributed by atoms with Gasteiger partial charge in [-0.1, -0.05) is 11.6 Å². The van der Waals surface area contributed by atoms with Crippen LogP contribution in [0.4, 0.5) is 0 Å². The number of benzene rings is 1. The molecule has 0 heterocycles. The Kier molecular flexibility index (Phi) is 3.05. The third-order valence-corrected chi connectivity index (χ3v) is 3.43. The molecule has 0 saturated heterocycles. The average molecular weight is 250 g/mol. The number of aryl methyl sites for hydroxylation is 1. The molecule has 0 amide bonds. The Balaban J connectivity index is 3.64. The van der Waals surface area contributed by atoms with Crippen LogP contribution in [-0.4, -0.2) is 8.42 Å². The van der Waals surface area contributed by atoms with E-state index in [1.54, 1.807) is 13.0 Å². The highest BCUT2D eigenvalue weighted by atomic mass is 35.7. The van der Waals surface area contributed by atoms with Crippen LogP contribution in [0.25, 0.3) is 0 Å². The minimum atomic E-state index is -3.90. The number of nitrogens with zero attached hydrogens (tertiary/aromatic N) is 1. The van der Waals surface area contributed by atoms with E-state index in [0.29, 0.717) is 5.56 Å². The maximum atomic E-state index is 11.0. The van der Waals surface area contributed by atoms with Crippen molar-refractivity contribution in [3.63, 3.8) is 0 Å². The van der Waals surface area contributed by atoms with Gasteiger partial charge in [0, 0.05) is 10.7 Å². The molecule has 3 nitrogen and oxygen atoms in total. The summed E-state index contributed by atoms with van der Waals surface area (Å²) < 4.78 is 22.1. The molecular weight excluding hydrogens is 245 g/mol. The van der Waals surface area contributed by atoms with Crippen LogP contribution in [0.1, 0.15) is 11.1 Å². The molecule has 0 bridgehead atoms. The maximum Gasteiger partial charge on any atom is 0.262 e. The van der Waals surface area contributed by atoms with Crippen molar-refractivity contribution in [1.82, 2.24) is 0 Å². The molecule has 1 aromatic carbocycles. The number of nitriles is 1. The van der Waals surface area contributed by atoms with Gasteiger partial charge in [0.25, 0.3) is 9.05 Å². The van der Waals surface area contributed by atoms with Gasteiger partial charge in [0.2, 0.25) is 0 Å². The predicted molar refractivity (Wildman–Crippen MR) is 53.9 cm³/mol. The van der Waals surface area contributed by atoms with Gasteiger partial charge in [-0.15, -0.1) is 0 Å². The molecule has 0 N–H and O–H groups in total. The second kappa shape index (κ2) is 3.77. The largest absolute Gasteiger partial charge is 0.262 e. The summed E-state index contributed by atoms with van der Waals surface area (Å²) in [5.74, 6) is 0. The van der Waals surface area contributed by atoms with Crippen molar-refractivity contribution in [3.05, 3.63) is 28.3 Å². The van der Waals surface area contributed by atoms with Crippen molar-refractivity contribution >= 4 is 31.3 Å². The molecular formula is C8H5Cl2NO2S. The van der Waals surface area contributed by atoms with Gasteiger partial charge in [-0.05, 0) is 24.6 Å². The molecule has 0 radical (unpaired) electrons. The van der Waals surface area contributed by atoms with Crippen LogP contribution in [0, 0.1) is 18.3 Å². The SMILES string of the molecule is Cc1cc(C#N)c(Cl)c(S(=O)(=O)Cl)c1. The van der Waals surface area contributed by atoms with Gasteiger partial charge in [0.1, 0.15) is 11.0 Å². The monoisotopic (exact) mass is 249 g/mol. The predicted octanol–water partition coefficient (Wildman–Crippen LogP) is 2.45. The van der Waals surface area contributed by atoms with Crippen molar-refractivity contribution in [2.45, 2.75) is 11.8 Å². The normalized spacial score (nSPS) is 11.0. The Morgan fingerprint density at radius 1 is 1.43 bits per heavy atom. The minimum absolute atomic E-state index is 0.103. The number of rotatable bonds is 1. The first-order chi connectivity index (χ1) is 6.36. The molecule has 6 heteroatoms. The van der Waals surface area contributed by atoms with Crippen molar-refractivity contribution in [1.29, 1.82) is 5.26 Å². The summed E-state index contributed by atoms with van der Waals surface area (Å²) >= 11 is 5.68. The first kappa shape index (κ1) is 11.3. The number of hydrogen-bond donors (Lipinski definition) is 0. The Bertz CT molecular complexity index is 517. The Labute approximate surface area is 91.3 Å². The second-order valence-electron chi connectivity index (χ2n) is 2.67. The first-order valence-corrected chi connectivity index (χ1v) is 6.20. The highest BCUT2D eigenvalue weighted by Gasteiger charge is 2.18. The molecule has 14 heavy (non-hydrogen) atoms. The summed E-state index contributed by atoms with van der Waals surface area (Å²) in [4.78, 5) is -0.225. The molecule has 0 atom stereocenters. The van der Waals surface area contributed by atoms with Gasteiger partial charge < -0.3 is 0 Å². The third kappa shape index (κ3) is 2.18. The summed E-state index contributed by atoms with van der Waals surface area (Å²) in [6.07, 6.45) is 0. The average Bonchev–Trinajstić information content (AvgIpc) is 2.06.